The van der Waals surface area contributed by atoms with E-state index < -0.39 is 23.8 Å². The van der Waals surface area contributed by atoms with Gasteiger partial charge in [0.1, 0.15) is 11.5 Å². The zero-order chi connectivity index (χ0) is 27.4. The molecule has 2 heterocycles. The van der Waals surface area contributed by atoms with Crippen molar-refractivity contribution >= 4 is 23.6 Å². The lowest BCUT2D eigenvalue weighted by atomic mass is 9.72. The standard InChI is InChI=1S/C28H38ClN3O6/c1-17-9-10-24(38-17)25-20(7-3-8-21(25)29)28(36,11-5-13-37-27(35)31-2)19-6-4-12-32(16-19)26(34)18-14-22(30)23(33)15-18/h3,7-10,18-19,22-23,33,36H,4-6,11-16,30H2,1-2H3,(H,31,35)/t18-,19?,22+,23-,28-/m0/s1. The van der Waals surface area contributed by atoms with Crippen LogP contribution in [0.2, 0.25) is 5.02 Å². The Bertz CT molecular complexity index is 1130. The number of furan rings is 1. The number of amides is 2. The molecule has 1 saturated carbocycles. The molecule has 208 valence electrons. The zero-order valence-electron chi connectivity index (χ0n) is 22.0. The maximum Gasteiger partial charge on any atom is 0.406 e. The van der Waals surface area contributed by atoms with E-state index in [-0.39, 0.29) is 30.8 Å². The van der Waals surface area contributed by atoms with E-state index in [1.165, 1.54) is 7.05 Å². The molecule has 2 aromatic rings. The Morgan fingerprint density at radius 2 is 2.08 bits per heavy atom. The molecule has 2 aliphatic rings. The van der Waals surface area contributed by atoms with Crippen molar-refractivity contribution in [1.29, 1.82) is 0 Å². The third kappa shape index (κ3) is 6.01. The molecule has 0 bridgehead atoms. The first-order valence-electron chi connectivity index (χ1n) is 13.3. The summed E-state index contributed by atoms with van der Waals surface area (Å²) >= 11 is 6.68. The number of likely N-dealkylation sites (tertiary alicyclic amines) is 1. The zero-order valence-corrected chi connectivity index (χ0v) is 22.7. The lowest BCUT2D eigenvalue weighted by molar-refractivity contribution is -0.141. The van der Waals surface area contributed by atoms with Gasteiger partial charge in [-0.25, -0.2) is 4.79 Å². The van der Waals surface area contributed by atoms with Gasteiger partial charge in [-0.2, -0.15) is 0 Å². The van der Waals surface area contributed by atoms with Crippen molar-refractivity contribution in [3.63, 3.8) is 0 Å². The quantitative estimate of drug-likeness (QED) is 0.371. The van der Waals surface area contributed by atoms with Crippen molar-refractivity contribution in [2.45, 2.75) is 63.2 Å². The second-order valence-electron chi connectivity index (χ2n) is 10.5. The van der Waals surface area contributed by atoms with E-state index in [0.29, 0.717) is 60.7 Å². The summed E-state index contributed by atoms with van der Waals surface area (Å²) in [5.41, 5.74) is 5.83. The number of piperidine rings is 1. The highest BCUT2D eigenvalue weighted by Gasteiger charge is 2.45. The van der Waals surface area contributed by atoms with Gasteiger partial charge in [0.2, 0.25) is 5.91 Å². The number of aliphatic hydroxyl groups is 2. The van der Waals surface area contributed by atoms with Gasteiger partial charge in [-0.1, -0.05) is 23.7 Å². The fourth-order valence-corrected chi connectivity index (χ4v) is 6.18. The Hall–Kier alpha value is -2.59. The summed E-state index contributed by atoms with van der Waals surface area (Å²) in [6.45, 7) is 2.92. The number of hydrogen-bond donors (Lipinski definition) is 4. The van der Waals surface area contributed by atoms with Crippen LogP contribution >= 0.6 is 11.6 Å². The number of nitrogens with two attached hydrogens (primary N) is 1. The highest BCUT2D eigenvalue weighted by molar-refractivity contribution is 6.33. The van der Waals surface area contributed by atoms with Crippen molar-refractivity contribution in [3.05, 3.63) is 46.7 Å². The summed E-state index contributed by atoms with van der Waals surface area (Å²) in [6.07, 6.45) is 1.73. The molecule has 5 atom stereocenters. The number of benzene rings is 1. The van der Waals surface area contributed by atoms with Gasteiger partial charge in [-0.3, -0.25) is 4.79 Å². The minimum absolute atomic E-state index is 0.0278. The topological polar surface area (TPSA) is 138 Å². The molecule has 2 fully saturated rings. The molecular weight excluding hydrogens is 510 g/mol. The summed E-state index contributed by atoms with van der Waals surface area (Å²) in [6, 6.07) is 8.70. The Balaban J connectivity index is 1.65. The van der Waals surface area contributed by atoms with Crippen LogP contribution in [0, 0.1) is 18.8 Å². The predicted molar refractivity (Wildman–Crippen MR) is 143 cm³/mol. The maximum atomic E-state index is 13.4. The van der Waals surface area contributed by atoms with Crippen molar-refractivity contribution in [2.24, 2.45) is 17.6 Å². The number of carbonyl (C=O) groups is 2. The molecule has 1 aromatic carbocycles. The molecule has 1 aromatic heterocycles. The molecule has 1 unspecified atom stereocenters. The van der Waals surface area contributed by atoms with Gasteiger partial charge in [0.05, 0.1) is 23.3 Å². The third-order valence-corrected chi connectivity index (χ3v) is 8.26. The van der Waals surface area contributed by atoms with E-state index in [1.807, 2.05) is 25.1 Å². The minimum atomic E-state index is -1.38. The number of hydrogen-bond acceptors (Lipinski definition) is 7. The van der Waals surface area contributed by atoms with Crippen LogP contribution in [-0.4, -0.2) is 66.0 Å². The number of carbonyl (C=O) groups excluding carboxylic acids is 2. The molecule has 4 rings (SSSR count). The number of halogens is 1. The minimum Gasteiger partial charge on any atom is -0.461 e. The number of aliphatic hydroxyl groups excluding tert-OH is 1. The largest absolute Gasteiger partial charge is 0.461 e. The van der Waals surface area contributed by atoms with Gasteiger partial charge >= 0.3 is 6.09 Å². The molecule has 1 aliphatic heterocycles. The molecule has 5 N–H and O–H groups in total. The average Bonchev–Trinajstić information content (AvgIpc) is 3.49. The number of ether oxygens (including phenoxy) is 1. The number of aryl methyl sites for hydroxylation is 1. The van der Waals surface area contributed by atoms with E-state index in [9.17, 15) is 19.8 Å². The van der Waals surface area contributed by atoms with Gasteiger partial charge in [0.15, 0.2) is 0 Å². The average molecular weight is 548 g/mol. The van der Waals surface area contributed by atoms with E-state index in [2.05, 4.69) is 5.32 Å². The molecule has 1 aliphatic carbocycles. The predicted octanol–water partition coefficient (Wildman–Crippen LogP) is 3.57. The van der Waals surface area contributed by atoms with E-state index >= 15 is 0 Å². The first kappa shape index (κ1) is 28.4. The van der Waals surface area contributed by atoms with Crippen molar-refractivity contribution in [3.8, 4) is 11.3 Å². The van der Waals surface area contributed by atoms with E-state index in [0.717, 1.165) is 12.2 Å². The highest BCUT2D eigenvalue weighted by Crippen LogP contribution is 2.46. The number of rotatable bonds is 8. The van der Waals surface area contributed by atoms with Crippen LogP contribution in [0.3, 0.4) is 0 Å². The molecule has 38 heavy (non-hydrogen) atoms. The monoisotopic (exact) mass is 547 g/mol. The Morgan fingerprint density at radius 3 is 2.74 bits per heavy atom. The van der Waals surface area contributed by atoms with Crippen LogP contribution in [0.5, 0.6) is 0 Å². The van der Waals surface area contributed by atoms with Gasteiger partial charge < -0.3 is 35.3 Å². The third-order valence-electron chi connectivity index (χ3n) is 7.94. The molecule has 10 heteroatoms. The van der Waals surface area contributed by atoms with Crippen LogP contribution in [0.1, 0.15) is 49.8 Å². The molecule has 1 saturated heterocycles. The summed E-state index contributed by atoms with van der Waals surface area (Å²) in [5, 5.41) is 25.5. The lowest BCUT2D eigenvalue weighted by Crippen LogP contribution is -2.49. The normalized spacial score (nSPS) is 25.2. The van der Waals surface area contributed by atoms with E-state index in [4.69, 9.17) is 26.5 Å². The van der Waals surface area contributed by atoms with E-state index in [1.54, 1.807) is 17.0 Å². The van der Waals surface area contributed by atoms with Crippen molar-refractivity contribution < 1.29 is 29.0 Å². The van der Waals surface area contributed by atoms with Gasteiger partial charge in [0, 0.05) is 43.6 Å². The second-order valence-corrected chi connectivity index (χ2v) is 10.9. The molecule has 9 nitrogen and oxygen atoms in total. The first-order valence-corrected chi connectivity index (χ1v) is 13.7. The molecule has 0 spiro atoms. The number of nitrogens with one attached hydrogen (secondary N) is 1. The highest BCUT2D eigenvalue weighted by atomic mass is 35.5. The summed E-state index contributed by atoms with van der Waals surface area (Å²) in [5.74, 6) is 0.634. The summed E-state index contributed by atoms with van der Waals surface area (Å²) in [4.78, 5) is 26.8. The van der Waals surface area contributed by atoms with Crippen LogP contribution in [0.25, 0.3) is 11.3 Å². The number of alkyl carbamates (subject to hydrolysis) is 1. The molecule has 0 radical (unpaired) electrons. The molecular formula is C28H38ClN3O6. The van der Waals surface area contributed by atoms with Crippen molar-refractivity contribution in [2.75, 3.05) is 26.7 Å². The van der Waals surface area contributed by atoms with Crippen molar-refractivity contribution in [1.82, 2.24) is 10.2 Å². The summed E-state index contributed by atoms with van der Waals surface area (Å²) < 4.78 is 11.1. The van der Waals surface area contributed by atoms with Gasteiger partial charge in [-0.15, -0.1) is 0 Å². The fourth-order valence-electron chi connectivity index (χ4n) is 5.92. The maximum absolute atomic E-state index is 13.4. The molecule has 2 amide bonds. The van der Waals surface area contributed by atoms with Gasteiger partial charge in [-0.05, 0) is 69.2 Å². The number of nitrogens with zero attached hydrogens (tertiary/aromatic N) is 1. The smallest absolute Gasteiger partial charge is 0.406 e. The fraction of sp³-hybridized carbons (Fsp3) is 0.571. The Labute approximate surface area is 228 Å². The second kappa shape index (κ2) is 12.1. The Kier molecular flexibility index (Phi) is 9.03. The van der Waals surface area contributed by atoms with Crippen LogP contribution in [0.4, 0.5) is 4.79 Å². The van der Waals surface area contributed by atoms with Crippen LogP contribution in [-0.2, 0) is 15.1 Å². The lowest BCUT2D eigenvalue weighted by Gasteiger charge is -2.44. The van der Waals surface area contributed by atoms with Gasteiger partial charge in [0.25, 0.3) is 0 Å². The van der Waals surface area contributed by atoms with Crippen LogP contribution in [0.15, 0.2) is 34.7 Å². The first-order chi connectivity index (χ1) is 18.1. The van der Waals surface area contributed by atoms with Crippen LogP contribution < -0.4 is 11.1 Å². The summed E-state index contributed by atoms with van der Waals surface area (Å²) in [7, 11) is 1.49. The SMILES string of the molecule is CNC(=O)OCCC[C@@](O)(c1cccc(Cl)c1-c1ccc(C)o1)C1CCCN(C(=O)[C@H]2C[C@@H](N)[C@@H](O)C2)C1. The Morgan fingerprint density at radius 1 is 1.29 bits per heavy atom.